The highest BCUT2D eigenvalue weighted by molar-refractivity contribution is 7.98. The Kier molecular flexibility index (Phi) is 3.27. The zero-order valence-electron chi connectivity index (χ0n) is 11.1. The van der Waals surface area contributed by atoms with Crippen LogP contribution in [0.1, 0.15) is 18.5 Å². The van der Waals surface area contributed by atoms with Gasteiger partial charge in [-0.25, -0.2) is 9.67 Å². The number of thioether (sulfide) groups is 1. The van der Waals surface area contributed by atoms with Crippen molar-refractivity contribution in [1.29, 1.82) is 0 Å². The number of oxime groups is 1. The lowest BCUT2D eigenvalue weighted by atomic mass is 9.98. The Hall–Kier alpha value is -2.15. The second-order valence-electron chi connectivity index (χ2n) is 4.34. The lowest BCUT2D eigenvalue weighted by Gasteiger charge is -2.23. The molecular weight excluding hydrogens is 274 g/mol. The van der Waals surface area contributed by atoms with Crippen LogP contribution in [0.5, 0.6) is 0 Å². The molecule has 0 aliphatic carbocycles. The molecule has 3 rings (SSSR count). The monoisotopic (exact) mass is 287 g/mol. The van der Waals surface area contributed by atoms with Gasteiger partial charge in [0.25, 0.3) is 0 Å². The predicted octanol–water partition coefficient (Wildman–Crippen LogP) is 2.53. The largest absolute Gasteiger partial charge is 0.411 e. The van der Waals surface area contributed by atoms with E-state index in [1.54, 1.807) is 4.68 Å². The van der Waals surface area contributed by atoms with E-state index in [0.29, 0.717) is 22.5 Å². The first-order valence-corrected chi connectivity index (χ1v) is 7.30. The smallest absolute Gasteiger partial charge is 0.250 e. The summed E-state index contributed by atoms with van der Waals surface area (Å²) < 4.78 is 1.70. The van der Waals surface area contributed by atoms with Gasteiger partial charge >= 0.3 is 0 Å². The maximum absolute atomic E-state index is 9.32. The van der Waals surface area contributed by atoms with Gasteiger partial charge < -0.3 is 5.21 Å². The fourth-order valence-corrected chi connectivity index (χ4v) is 2.56. The molecule has 1 aromatic carbocycles. The lowest BCUT2D eigenvalue weighted by molar-refractivity contribution is 0.316. The third kappa shape index (κ3) is 2.00. The van der Waals surface area contributed by atoms with Gasteiger partial charge in [-0.05, 0) is 18.7 Å². The SMILES string of the molecule is CSc1nc2n(n1)[C@H](c1ccccc1)C(=NO)C(C)=N2. The molecule has 1 aliphatic rings. The van der Waals surface area contributed by atoms with E-state index in [-0.39, 0.29) is 6.04 Å². The second kappa shape index (κ2) is 5.09. The molecule has 2 aromatic rings. The summed E-state index contributed by atoms with van der Waals surface area (Å²) in [5.41, 5.74) is 2.11. The van der Waals surface area contributed by atoms with Crippen LogP contribution in [-0.4, -0.2) is 37.7 Å². The standard InChI is InChI=1S/C13H13N5OS/c1-8-10(17-19)11(9-6-4-3-5-7-9)18-12(14-8)15-13(16-18)20-2/h3-7,11,19H,1-2H3/t11-/m1/s1. The topological polar surface area (TPSA) is 75.7 Å². The number of rotatable bonds is 2. The van der Waals surface area contributed by atoms with Crippen LogP contribution < -0.4 is 0 Å². The molecule has 0 amide bonds. The fourth-order valence-electron chi connectivity index (χ4n) is 2.21. The van der Waals surface area contributed by atoms with Crippen molar-refractivity contribution in [2.45, 2.75) is 18.1 Å². The van der Waals surface area contributed by atoms with Crippen molar-refractivity contribution in [3.8, 4) is 0 Å². The zero-order chi connectivity index (χ0) is 14.1. The van der Waals surface area contributed by atoms with Crippen LogP contribution in [-0.2, 0) is 0 Å². The van der Waals surface area contributed by atoms with Gasteiger partial charge in [-0.1, -0.05) is 47.2 Å². The molecule has 1 aromatic heterocycles. The number of hydrogen-bond acceptors (Lipinski definition) is 6. The highest BCUT2D eigenvalue weighted by Gasteiger charge is 2.31. The molecule has 1 aliphatic heterocycles. The molecule has 6 nitrogen and oxygen atoms in total. The molecule has 102 valence electrons. The van der Waals surface area contributed by atoms with E-state index in [2.05, 4.69) is 20.2 Å². The van der Waals surface area contributed by atoms with Gasteiger partial charge in [-0.2, -0.15) is 4.98 Å². The van der Waals surface area contributed by atoms with E-state index in [1.807, 2.05) is 43.5 Å². The van der Waals surface area contributed by atoms with Crippen LogP contribution in [0.15, 0.2) is 45.6 Å². The first-order chi connectivity index (χ1) is 9.74. The summed E-state index contributed by atoms with van der Waals surface area (Å²) in [6.07, 6.45) is 1.91. The molecule has 0 fully saturated rings. The Morgan fingerprint density at radius 2 is 2.05 bits per heavy atom. The summed E-state index contributed by atoms with van der Waals surface area (Å²) in [4.78, 5) is 8.70. The minimum Gasteiger partial charge on any atom is -0.411 e. The van der Waals surface area contributed by atoms with E-state index < -0.39 is 0 Å². The van der Waals surface area contributed by atoms with Gasteiger partial charge in [0.15, 0.2) is 0 Å². The minimum atomic E-state index is -0.304. The van der Waals surface area contributed by atoms with Crippen molar-refractivity contribution in [3.05, 3.63) is 35.9 Å². The molecule has 0 radical (unpaired) electrons. The molecule has 0 spiro atoms. The average molecular weight is 287 g/mol. The quantitative estimate of drug-likeness (QED) is 0.523. The Morgan fingerprint density at radius 1 is 1.30 bits per heavy atom. The summed E-state index contributed by atoms with van der Waals surface area (Å²) in [6.45, 7) is 1.81. The highest BCUT2D eigenvalue weighted by Crippen LogP contribution is 2.30. The highest BCUT2D eigenvalue weighted by atomic mass is 32.2. The van der Waals surface area contributed by atoms with Gasteiger partial charge in [0.05, 0.1) is 5.71 Å². The van der Waals surface area contributed by atoms with Gasteiger partial charge in [-0.15, -0.1) is 5.10 Å². The van der Waals surface area contributed by atoms with Crippen LogP contribution >= 0.6 is 11.8 Å². The number of aromatic nitrogens is 3. The molecule has 0 bridgehead atoms. The number of benzene rings is 1. The number of fused-ring (bicyclic) bond motifs is 1. The number of aliphatic imine (C=N–C) groups is 1. The van der Waals surface area contributed by atoms with Crippen LogP contribution in [0.2, 0.25) is 0 Å². The first-order valence-electron chi connectivity index (χ1n) is 6.07. The minimum absolute atomic E-state index is 0.304. The summed E-state index contributed by atoms with van der Waals surface area (Å²) in [7, 11) is 0. The van der Waals surface area contributed by atoms with E-state index in [0.717, 1.165) is 5.56 Å². The number of hydrogen-bond donors (Lipinski definition) is 1. The molecular formula is C13H13N5OS. The average Bonchev–Trinajstić information content (AvgIpc) is 2.89. The van der Waals surface area contributed by atoms with Gasteiger partial charge in [0, 0.05) is 0 Å². The summed E-state index contributed by atoms with van der Waals surface area (Å²) >= 11 is 1.45. The van der Waals surface area contributed by atoms with Crippen LogP contribution in [0.3, 0.4) is 0 Å². The van der Waals surface area contributed by atoms with E-state index in [4.69, 9.17) is 0 Å². The van der Waals surface area contributed by atoms with Crippen molar-refractivity contribution in [2.75, 3.05) is 6.26 Å². The molecule has 7 heteroatoms. The Labute approximate surface area is 120 Å². The van der Waals surface area contributed by atoms with Gasteiger partial charge in [0.2, 0.25) is 11.1 Å². The van der Waals surface area contributed by atoms with Crippen LogP contribution in [0.25, 0.3) is 0 Å². The maximum Gasteiger partial charge on any atom is 0.250 e. The number of nitrogens with zero attached hydrogens (tertiary/aromatic N) is 5. The van der Waals surface area contributed by atoms with E-state index in [9.17, 15) is 5.21 Å². The van der Waals surface area contributed by atoms with E-state index in [1.165, 1.54) is 11.8 Å². The third-order valence-corrected chi connectivity index (χ3v) is 3.68. The Balaban J connectivity index is 2.20. The van der Waals surface area contributed by atoms with Gasteiger partial charge in [0.1, 0.15) is 11.8 Å². The fraction of sp³-hybridized carbons (Fsp3) is 0.231. The van der Waals surface area contributed by atoms with Crippen molar-refractivity contribution >= 4 is 29.1 Å². The molecule has 2 heterocycles. The predicted molar refractivity (Wildman–Crippen MR) is 78.4 cm³/mol. The van der Waals surface area contributed by atoms with Crippen molar-refractivity contribution in [1.82, 2.24) is 14.8 Å². The maximum atomic E-state index is 9.32. The Bertz CT molecular complexity index is 692. The molecule has 1 N–H and O–H groups in total. The van der Waals surface area contributed by atoms with E-state index >= 15 is 0 Å². The summed E-state index contributed by atoms with van der Waals surface area (Å²) in [5, 5.41) is 17.8. The molecule has 20 heavy (non-hydrogen) atoms. The van der Waals surface area contributed by atoms with Gasteiger partial charge in [-0.3, -0.25) is 0 Å². The normalized spacial score (nSPS) is 19.8. The first kappa shape index (κ1) is 12.9. The van der Waals surface area contributed by atoms with Crippen molar-refractivity contribution < 1.29 is 5.21 Å². The van der Waals surface area contributed by atoms with Crippen molar-refractivity contribution in [3.63, 3.8) is 0 Å². The summed E-state index contributed by atoms with van der Waals surface area (Å²) in [6, 6.07) is 9.47. The molecule has 1 atom stereocenters. The van der Waals surface area contributed by atoms with Crippen LogP contribution in [0, 0.1) is 0 Å². The van der Waals surface area contributed by atoms with Crippen LogP contribution in [0.4, 0.5) is 5.95 Å². The Morgan fingerprint density at radius 3 is 2.70 bits per heavy atom. The molecule has 0 saturated heterocycles. The molecule has 0 unspecified atom stereocenters. The second-order valence-corrected chi connectivity index (χ2v) is 5.11. The zero-order valence-corrected chi connectivity index (χ0v) is 11.9. The lowest BCUT2D eigenvalue weighted by Crippen LogP contribution is -2.30. The van der Waals surface area contributed by atoms with Crippen molar-refractivity contribution in [2.24, 2.45) is 10.1 Å². The summed E-state index contributed by atoms with van der Waals surface area (Å²) in [5.74, 6) is 0.535. The molecule has 0 saturated carbocycles. The third-order valence-electron chi connectivity index (χ3n) is 3.14.